The normalized spacial score (nSPS) is 12.0. The van der Waals surface area contributed by atoms with Crippen LogP contribution in [-0.2, 0) is 7.05 Å². The van der Waals surface area contributed by atoms with Gasteiger partial charge in [-0.3, -0.25) is 9.59 Å². The first-order valence-electron chi connectivity index (χ1n) is 8.04. The molecule has 0 aliphatic rings. The van der Waals surface area contributed by atoms with Gasteiger partial charge in [-0.2, -0.15) is 0 Å². The van der Waals surface area contributed by atoms with Gasteiger partial charge in [0, 0.05) is 18.6 Å². The van der Waals surface area contributed by atoms with Crippen molar-refractivity contribution in [3.63, 3.8) is 0 Å². The first-order chi connectivity index (χ1) is 12.0. The molecule has 0 aliphatic carbocycles. The van der Waals surface area contributed by atoms with Crippen molar-refractivity contribution >= 4 is 16.8 Å². The molecule has 2 aromatic carbocycles. The minimum Gasteiger partial charge on any atom is -0.497 e. The van der Waals surface area contributed by atoms with Crippen molar-refractivity contribution in [1.82, 2.24) is 9.88 Å². The maximum Gasteiger partial charge on any atom is 0.257 e. The second-order valence-corrected chi connectivity index (χ2v) is 5.97. The molecule has 0 bridgehead atoms. The summed E-state index contributed by atoms with van der Waals surface area (Å²) in [7, 11) is 3.43. The summed E-state index contributed by atoms with van der Waals surface area (Å²) in [6, 6.07) is 14.5. The van der Waals surface area contributed by atoms with Crippen molar-refractivity contribution in [3.8, 4) is 5.75 Å². The summed E-state index contributed by atoms with van der Waals surface area (Å²) in [5, 5.41) is 3.43. The standard InChI is InChI=1S/C20H20N2O3/c1-13(14-8-10-15(25-3)11-9-14)21-20(24)17-12-22(2)18-7-5-4-6-16(18)19(17)23/h4-13H,1-3H3,(H,21,24). The molecule has 1 atom stereocenters. The summed E-state index contributed by atoms with van der Waals surface area (Å²) in [4.78, 5) is 25.3. The molecule has 5 heteroatoms. The lowest BCUT2D eigenvalue weighted by Crippen LogP contribution is -2.31. The summed E-state index contributed by atoms with van der Waals surface area (Å²) in [5.74, 6) is 0.375. The molecule has 0 aliphatic heterocycles. The predicted octanol–water partition coefficient (Wildman–Crippen LogP) is 3.04. The van der Waals surface area contributed by atoms with Crippen LogP contribution in [-0.4, -0.2) is 17.6 Å². The zero-order valence-electron chi connectivity index (χ0n) is 14.4. The molecule has 0 spiro atoms. The fraction of sp³-hybridized carbons (Fsp3) is 0.200. The van der Waals surface area contributed by atoms with Gasteiger partial charge in [-0.25, -0.2) is 0 Å². The third kappa shape index (κ3) is 3.26. The Bertz CT molecular complexity index is 974. The number of benzene rings is 2. The maximum absolute atomic E-state index is 12.6. The van der Waals surface area contributed by atoms with Gasteiger partial charge in [-0.1, -0.05) is 24.3 Å². The lowest BCUT2D eigenvalue weighted by Gasteiger charge is -2.15. The van der Waals surface area contributed by atoms with Gasteiger partial charge in [-0.15, -0.1) is 0 Å². The Hall–Kier alpha value is -3.08. The van der Waals surface area contributed by atoms with E-state index < -0.39 is 0 Å². The van der Waals surface area contributed by atoms with E-state index in [1.54, 1.807) is 30.0 Å². The fourth-order valence-electron chi connectivity index (χ4n) is 2.85. The first kappa shape index (κ1) is 16.8. The Labute approximate surface area is 145 Å². The van der Waals surface area contributed by atoms with E-state index in [9.17, 15) is 9.59 Å². The Morgan fingerprint density at radius 1 is 1.12 bits per heavy atom. The number of amides is 1. The lowest BCUT2D eigenvalue weighted by molar-refractivity contribution is 0.0938. The zero-order valence-corrected chi connectivity index (χ0v) is 14.4. The number of ether oxygens (including phenoxy) is 1. The number of methoxy groups -OCH3 is 1. The first-order valence-corrected chi connectivity index (χ1v) is 8.04. The molecule has 1 heterocycles. The van der Waals surface area contributed by atoms with Gasteiger partial charge in [0.05, 0.1) is 18.7 Å². The molecule has 0 saturated carbocycles. The van der Waals surface area contributed by atoms with Gasteiger partial charge >= 0.3 is 0 Å². The van der Waals surface area contributed by atoms with E-state index >= 15 is 0 Å². The number of fused-ring (bicyclic) bond motifs is 1. The van der Waals surface area contributed by atoms with Gasteiger partial charge in [0.2, 0.25) is 5.43 Å². The molecule has 5 nitrogen and oxygen atoms in total. The van der Waals surface area contributed by atoms with Crippen LogP contribution in [0, 0.1) is 0 Å². The molecule has 128 valence electrons. The van der Waals surface area contributed by atoms with E-state index in [-0.39, 0.29) is 22.9 Å². The molecular formula is C20H20N2O3. The highest BCUT2D eigenvalue weighted by molar-refractivity contribution is 5.97. The maximum atomic E-state index is 12.6. The van der Waals surface area contributed by atoms with Crippen molar-refractivity contribution in [2.24, 2.45) is 7.05 Å². The van der Waals surface area contributed by atoms with Crippen molar-refractivity contribution in [3.05, 3.63) is 76.1 Å². The van der Waals surface area contributed by atoms with Crippen molar-refractivity contribution in [2.45, 2.75) is 13.0 Å². The van der Waals surface area contributed by atoms with Gasteiger partial charge in [0.25, 0.3) is 5.91 Å². The highest BCUT2D eigenvalue weighted by Gasteiger charge is 2.17. The van der Waals surface area contributed by atoms with Crippen LogP contribution < -0.4 is 15.5 Å². The monoisotopic (exact) mass is 336 g/mol. The minimum absolute atomic E-state index is 0.140. The Morgan fingerprint density at radius 3 is 2.48 bits per heavy atom. The molecule has 3 aromatic rings. The lowest BCUT2D eigenvalue weighted by atomic mass is 10.1. The van der Waals surface area contributed by atoms with E-state index in [1.165, 1.54) is 0 Å². The molecule has 0 saturated heterocycles. The van der Waals surface area contributed by atoms with Gasteiger partial charge in [-0.05, 0) is 36.8 Å². The van der Waals surface area contributed by atoms with Crippen LogP contribution in [0.5, 0.6) is 5.75 Å². The van der Waals surface area contributed by atoms with Crippen LogP contribution in [0.15, 0.2) is 59.5 Å². The molecule has 1 aromatic heterocycles. The third-order valence-corrected chi connectivity index (χ3v) is 4.30. The topological polar surface area (TPSA) is 60.3 Å². The van der Waals surface area contributed by atoms with Crippen LogP contribution in [0.2, 0.25) is 0 Å². The number of nitrogens with zero attached hydrogens (tertiary/aromatic N) is 1. The quantitative estimate of drug-likeness (QED) is 0.797. The number of aryl methyl sites for hydroxylation is 1. The average Bonchev–Trinajstić information content (AvgIpc) is 2.64. The fourth-order valence-corrected chi connectivity index (χ4v) is 2.85. The number of hydrogen-bond acceptors (Lipinski definition) is 3. The zero-order chi connectivity index (χ0) is 18.0. The molecule has 1 amide bonds. The van der Waals surface area contributed by atoms with E-state index in [0.717, 1.165) is 16.8 Å². The van der Waals surface area contributed by atoms with E-state index in [4.69, 9.17) is 4.74 Å². The Morgan fingerprint density at radius 2 is 1.80 bits per heavy atom. The molecule has 0 fully saturated rings. The van der Waals surface area contributed by atoms with E-state index in [0.29, 0.717) is 5.39 Å². The van der Waals surface area contributed by atoms with Crippen molar-refractivity contribution in [2.75, 3.05) is 7.11 Å². The second-order valence-electron chi connectivity index (χ2n) is 5.97. The summed E-state index contributed by atoms with van der Waals surface area (Å²) in [5.41, 5.74) is 1.62. The molecule has 0 radical (unpaired) electrons. The van der Waals surface area contributed by atoms with Crippen molar-refractivity contribution < 1.29 is 9.53 Å². The molecular weight excluding hydrogens is 316 g/mol. The van der Waals surface area contributed by atoms with Gasteiger partial charge < -0.3 is 14.6 Å². The molecule has 1 unspecified atom stereocenters. The summed E-state index contributed by atoms with van der Waals surface area (Å²) in [6.07, 6.45) is 1.58. The Balaban J connectivity index is 1.89. The summed E-state index contributed by atoms with van der Waals surface area (Å²) in [6.45, 7) is 1.88. The molecule has 25 heavy (non-hydrogen) atoms. The SMILES string of the molecule is COc1ccc(C(C)NC(=O)c2cn(C)c3ccccc3c2=O)cc1. The highest BCUT2D eigenvalue weighted by atomic mass is 16.5. The second kappa shape index (κ2) is 6.81. The number of pyridine rings is 1. The number of aromatic nitrogens is 1. The third-order valence-electron chi connectivity index (χ3n) is 4.30. The van der Waals surface area contributed by atoms with Gasteiger partial charge in [0.1, 0.15) is 11.3 Å². The van der Waals surface area contributed by atoms with Crippen molar-refractivity contribution in [1.29, 1.82) is 0 Å². The van der Waals surface area contributed by atoms with Crippen LogP contribution in [0.25, 0.3) is 10.9 Å². The highest BCUT2D eigenvalue weighted by Crippen LogP contribution is 2.18. The summed E-state index contributed by atoms with van der Waals surface area (Å²) >= 11 is 0. The number of carbonyl (C=O) groups excluding carboxylic acids is 1. The van der Waals surface area contributed by atoms with E-state index in [2.05, 4.69) is 5.32 Å². The number of para-hydroxylation sites is 1. The van der Waals surface area contributed by atoms with Crippen LogP contribution in [0.1, 0.15) is 28.9 Å². The largest absolute Gasteiger partial charge is 0.497 e. The molecule has 3 rings (SSSR count). The summed E-state index contributed by atoms with van der Waals surface area (Å²) < 4.78 is 6.93. The van der Waals surface area contributed by atoms with Gasteiger partial charge in [0.15, 0.2) is 0 Å². The minimum atomic E-state index is -0.380. The number of nitrogens with one attached hydrogen (secondary N) is 1. The number of hydrogen-bond donors (Lipinski definition) is 1. The van der Waals surface area contributed by atoms with Crippen LogP contribution >= 0.6 is 0 Å². The van der Waals surface area contributed by atoms with Crippen LogP contribution in [0.3, 0.4) is 0 Å². The number of rotatable bonds is 4. The smallest absolute Gasteiger partial charge is 0.257 e. The number of carbonyl (C=O) groups is 1. The predicted molar refractivity (Wildman–Crippen MR) is 98.1 cm³/mol. The molecule has 1 N–H and O–H groups in total. The van der Waals surface area contributed by atoms with E-state index in [1.807, 2.05) is 50.4 Å². The van der Waals surface area contributed by atoms with Crippen LogP contribution in [0.4, 0.5) is 0 Å². The Kier molecular flexibility index (Phi) is 4.57. The average molecular weight is 336 g/mol.